The van der Waals surface area contributed by atoms with Crippen molar-refractivity contribution in [1.82, 2.24) is 0 Å². The van der Waals surface area contributed by atoms with Gasteiger partial charge in [0, 0.05) is 0 Å². The Morgan fingerprint density at radius 1 is 1.27 bits per heavy atom. The van der Waals surface area contributed by atoms with Gasteiger partial charge in [-0.2, -0.15) is 5.26 Å². The van der Waals surface area contributed by atoms with E-state index in [1.165, 1.54) is 0 Å². The molecule has 0 bridgehead atoms. The predicted molar refractivity (Wildman–Crippen MR) is 53.1 cm³/mol. The molecular formula is C11H11NO3. The van der Waals surface area contributed by atoms with E-state index in [9.17, 15) is 4.79 Å². The molecule has 0 aliphatic rings. The van der Waals surface area contributed by atoms with E-state index < -0.39 is 5.97 Å². The number of nitrogens with zero attached hydrogens (tertiary/aromatic N) is 1. The van der Waals surface area contributed by atoms with Gasteiger partial charge in [0.25, 0.3) is 0 Å². The molecule has 0 unspecified atom stereocenters. The van der Waals surface area contributed by atoms with Gasteiger partial charge in [-0.25, -0.2) is 0 Å². The van der Waals surface area contributed by atoms with Crippen LogP contribution in [-0.4, -0.2) is 19.2 Å². The lowest BCUT2D eigenvalue weighted by Crippen LogP contribution is -2.11. The quantitative estimate of drug-likeness (QED) is 0.540. The monoisotopic (exact) mass is 205 g/mol. The van der Waals surface area contributed by atoms with E-state index in [2.05, 4.69) is 0 Å². The molecular weight excluding hydrogens is 194 g/mol. The van der Waals surface area contributed by atoms with Crippen molar-refractivity contribution in [1.29, 1.82) is 5.26 Å². The zero-order chi connectivity index (χ0) is 10.9. The molecule has 0 heterocycles. The summed E-state index contributed by atoms with van der Waals surface area (Å²) in [4.78, 5) is 10.8. The minimum atomic E-state index is -0.519. The Morgan fingerprint density at radius 3 is 2.67 bits per heavy atom. The van der Waals surface area contributed by atoms with Gasteiger partial charge in [0.15, 0.2) is 0 Å². The van der Waals surface area contributed by atoms with Gasteiger partial charge in [-0.05, 0) is 12.1 Å². The van der Waals surface area contributed by atoms with Crippen molar-refractivity contribution in [3.63, 3.8) is 0 Å². The first-order valence-corrected chi connectivity index (χ1v) is 4.53. The van der Waals surface area contributed by atoms with Gasteiger partial charge in [0.1, 0.15) is 25.4 Å². The van der Waals surface area contributed by atoms with Crippen LogP contribution < -0.4 is 4.74 Å². The third kappa shape index (κ3) is 4.67. The average molecular weight is 205 g/mol. The van der Waals surface area contributed by atoms with E-state index in [0.29, 0.717) is 6.61 Å². The standard InChI is InChI=1S/C11H11NO3/c12-7-6-11(13)15-9-8-14-10-4-2-1-3-5-10/h1-5H,6,8-9H2. The van der Waals surface area contributed by atoms with Crippen LogP contribution in [0.4, 0.5) is 0 Å². The van der Waals surface area contributed by atoms with Crippen LogP contribution in [-0.2, 0) is 9.53 Å². The van der Waals surface area contributed by atoms with Crippen molar-refractivity contribution >= 4 is 5.97 Å². The van der Waals surface area contributed by atoms with E-state index in [0.717, 1.165) is 5.75 Å². The van der Waals surface area contributed by atoms with Crippen molar-refractivity contribution in [2.24, 2.45) is 0 Å². The van der Waals surface area contributed by atoms with Crippen LogP contribution in [0.1, 0.15) is 6.42 Å². The molecule has 0 saturated carbocycles. The highest BCUT2D eigenvalue weighted by atomic mass is 16.6. The maximum Gasteiger partial charge on any atom is 0.320 e. The summed E-state index contributed by atoms with van der Waals surface area (Å²) < 4.78 is 9.99. The molecule has 0 saturated heterocycles. The van der Waals surface area contributed by atoms with Gasteiger partial charge in [-0.1, -0.05) is 18.2 Å². The fraction of sp³-hybridized carbons (Fsp3) is 0.273. The van der Waals surface area contributed by atoms with Crippen molar-refractivity contribution in [3.8, 4) is 11.8 Å². The molecule has 0 fully saturated rings. The summed E-state index contributed by atoms with van der Waals surface area (Å²) in [5, 5.41) is 8.19. The lowest BCUT2D eigenvalue weighted by atomic mass is 10.3. The molecule has 4 heteroatoms. The van der Waals surface area contributed by atoms with Gasteiger partial charge in [-0.15, -0.1) is 0 Å². The second-order valence-corrected chi connectivity index (χ2v) is 2.72. The van der Waals surface area contributed by atoms with Gasteiger partial charge >= 0.3 is 5.97 Å². The molecule has 0 atom stereocenters. The maximum absolute atomic E-state index is 10.8. The Morgan fingerprint density at radius 2 is 2.00 bits per heavy atom. The Bertz CT molecular complexity index is 343. The summed E-state index contributed by atoms with van der Waals surface area (Å²) in [5.41, 5.74) is 0. The number of benzene rings is 1. The van der Waals surface area contributed by atoms with Crippen LogP contribution in [0.25, 0.3) is 0 Å². The summed E-state index contributed by atoms with van der Waals surface area (Å²) in [5.74, 6) is 0.211. The van der Waals surface area contributed by atoms with Crippen LogP contribution >= 0.6 is 0 Å². The molecule has 1 aromatic carbocycles. The zero-order valence-electron chi connectivity index (χ0n) is 8.18. The molecule has 4 nitrogen and oxygen atoms in total. The van der Waals surface area contributed by atoms with Crippen LogP contribution in [0, 0.1) is 11.3 Å². The molecule has 0 amide bonds. The second-order valence-electron chi connectivity index (χ2n) is 2.72. The number of ether oxygens (including phenoxy) is 2. The first-order valence-electron chi connectivity index (χ1n) is 4.53. The molecule has 1 aromatic rings. The van der Waals surface area contributed by atoms with Crippen molar-refractivity contribution in [2.75, 3.05) is 13.2 Å². The smallest absolute Gasteiger partial charge is 0.320 e. The van der Waals surface area contributed by atoms with E-state index >= 15 is 0 Å². The SMILES string of the molecule is N#CCC(=O)OCCOc1ccccc1. The number of rotatable bonds is 5. The third-order valence-electron chi connectivity index (χ3n) is 1.58. The van der Waals surface area contributed by atoms with Gasteiger partial charge in [-0.3, -0.25) is 4.79 Å². The second kappa shape index (κ2) is 6.44. The number of nitriles is 1. The average Bonchev–Trinajstić information content (AvgIpc) is 2.26. The van der Waals surface area contributed by atoms with Crippen LogP contribution in [0.5, 0.6) is 5.75 Å². The highest BCUT2D eigenvalue weighted by molar-refractivity contribution is 5.71. The predicted octanol–water partition coefficient (Wildman–Crippen LogP) is 1.52. The van der Waals surface area contributed by atoms with E-state index in [-0.39, 0.29) is 13.0 Å². The fourth-order valence-corrected chi connectivity index (χ4v) is 0.947. The molecule has 78 valence electrons. The molecule has 0 radical (unpaired) electrons. The normalized spacial score (nSPS) is 9.00. The molecule has 1 rings (SSSR count). The minimum Gasteiger partial charge on any atom is -0.490 e. The van der Waals surface area contributed by atoms with Crippen molar-refractivity contribution < 1.29 is 14.3 Å². The summed E-state index contributed by atoms with van der Waals surface area (Å²) in [6.07, 6.45) is -0.217. The first-order chi connectivity index (χ1) is 7.33. The van der Waals surface area contributed by atoms with Crippen LogP contribution in [0.2, 0.25) is 0 Å². The topological polar surface area (TPSA) is 59.3 Å². The molecule has 0 aliphatic heterocycles. The van der Waals surface area contributed by atoms with Crippen LogP contribution in [0.15, 0.2) is 30.3 Å². The number of hydrogen-bond acceptors (Lipinski definition) is 4. The highest BCUT2D eigenvalue weighted by Crippen LogP contribution is 2.07. The van der Waals surface area contributed by atoms with Gasteiger partial charge < -0.3 is 9.47 Å². The molecule has 0 aliphatic carbocycles. The number of para-hydroxylation sites is 1. The van der Waals surface area contributed by atoms with Crippen molar-refractivity contribution in [2.45, 2.75) is 6.42 Å². The Kier molecular flexibility index (Phi) is 4.74. The van der Waals surface area contributed by atoms with Gasteiger partial charge in [0.2, 0.25) is 0 Å². The third-order valence-corrected chi connectivity index (χ3v) is 1.58. The maximum atomic E-state index is 10.8. The number of carbonyl (C=O) groups excluding carboxylic acids is 1. The fourth-order valence-electron chi connectivity index (χ4n) is 0.947. The number of esters is 1. The zero-order valence-corrected chi connectivity index (χ0v) is 8.18. The van der Waals surface area contributed by atoms with E-state index in [1.54, 1.807) is 6.07 Å². The molecule has 0 spiro atoms. The molecule has 0 aromatic heterocycles. The highest BCUT2D eigenvalue weighted by Gasteiger charge is 2.00. The van der Waals surface area contributed by atoms with Gasteiger partial charge in [0.05, 0.1) is 6.07 Å². The number of carbonyl (C=O) groups is 1. The lowest BCUT2D eigenvalue weighted by molar-refractivity contribution is -0.143. The Hall–Kier alpha value is -2.02. The first kappa shape index (κ1) is 11.1. The Balaban J connectivity index is 2.13. The summed E-state index contributed by atoms with van der Waals surface area (Å²) in [7, 11) is 0. The number of hydrogen-bond donors (Lipinski definition) is 0. The van der Waals surface area contributed by atoms with E-state index in [1.807, 2.05) is 30.3 Å². The summed E-state index contributed by atoms with van der Waals surface area (Å²) >= 11 is 0. The van der Waals surface area contributed by atoms with Crippen molar-refractivity contribution in [3.05, 3.63) is 30.3 Å². The lowest BCUT2D eigenvalue weighted by Gasteiger charge is -2.05. The summed E-state index contributed by atoms with van der Waals surface area (Å²) in [6, 6.07) is 10.9. The molecule has 0 N–H and O–H groups in total. The largest absolute Gasteiger partial charge is 0.490 e. The molecule has 15 heavy (non-hydrogen) atoms. The Labute approximate surface area is 88.0 Å². The minimum absolute atomic E-state index is 0.162. The summed E-state index contributed by atoms with van der Waals surface area (Å²) in [6.45, 7) is 0.455. The van der Waals surface area contributed by atoms with Crippen LogP contribution in [0.3, 0.4) is 0 Å². The van der Waals surface area contributed by atoms with E-state index in [4.69, 9.17) is 14.7 Å².